The van der Waals surface area contributed by atoms with Gasteiger partial charge in [-0.25, -0.2) is 9.18 Å². The molecular formula is C23H33FN4O4. The number of rotatable bonds is 9. The molecule has 1 aromatic rings. The summed E-state index contributed by atoms with van der Waals surface area (Å²) < 4.78 is 18.7. The molecule has 2 saturated heterocycles. The Kier molecular flexibility index (Phi) is 7.84. The molecule has 4 amide bonds. The van der Waals surface area contributed by atoms with Gasteiger partial charge in [0.25, 0.3) is 5.91 Å². The van der Waals surface area contributed by atoms with Gasteiger partial charge in [0.2, 0.25) is 5.91 Å². The van der Waals surface area contributed by atoms with Crippen molar-refractivity contribution < 1.29 is 23.5 Å². The van der Waals surface area contributed by atoms with Crippen LogP contribution in [-0.4, -0.2) is 73.1 Å². The van der Waals surface area contributed by atoms with Gasteiger partial charge < -0.3 is 15.4 Å². The molecule has 2 atom stereocenters. The maximum atomic E-state index is 13.3. The molecule has 2 aliphatic heterocycles. The number of hydrogen-bond donors (Lipinski definition) is 2. The molecule has 0 bridgehead atoms. The van der Waals surface area contributed by atoms with Crippen LogP contribution in [0.5, 0.6) is 0 Å². The lowest BCUT2D eigenvalue weighted by Gasteiger charge is -2.38. The summed E-state index contributed by atoms with van der Waals surface area (Å²) in [6.45, 7) is 8.92. The largest absolute Gasteiger partial charge is 0.379 e. The normalized spacial score (nSPS) is 22.8. The quantitative estimate of drug-likeness (QED) is 0.563. The molecule has 1 aromatic carbocycles. The van der Waals surface area contributed by atoms with E-state index in [9.17, 15) is 18.8 Å². The topological polar surface area (TPSA) is 91.0 Å². The van der Waals surface area contributed by atoms with Crippen molar-refractivity contribution in [3.8, 4) is 0 Å². The summed E-state index contributed by atoms with van der Waals surface area (Å²) in [6, 6.07) is 4.92. The van der Waals surface area contributed by atoms with Crippen LogP contribution in [-0.2, 0) is 19.9 Å². The van der Waals surface area contributed by atoms with Crippen LogP contribution in [0, 0.1) is 11.7 Å². The standard InChI is InChI=1S/C23H33FN4O4/c1-4-16(5-2)19(27-10-12-32-13-11-27)14-25-20(29)15-28-21(30)23(3,26-22(28)31)17-6-8-18(24)9-7-17/h6-9,16,19H,4-5,10-15H2,1-3H3,(H,25,29)(H,26,31). The number of benzene rings is 1. The number of urea groups is 1. The van der Waals surface area contributed by atoms with E-state index in [2.05, 4.69) is 29.4 Å². The molecule has 176 valence electrons. The lowest BCUT2D eigenvalue weighted by atomic mass is 9.92. The van der Waals surface area contributed by atoms with Crippen molar-refractivity contribution in [1.82, 2.24) is 20.4 Å². The van der Waals surface area contributed by atoms with Crippen LogP contribution in [0.3, 0.4) is 0 Å². The second-order valence-electron chi connectivity index (χ2n) is 8.55. The van der Waals surface area contributed by atoms with Gasteiger partial charge in [-0.15, -0.1) is 0 Å². The van der Waals surface area contributed by atoms with Gasteiger partial charge in [-0.1, -0.05) is 38.8 Å². The molecule has 2 N–H and O–H groups in total. The number of carbonyl (C=O) groups is 3. The fourth-order valence-corrected chi connectivity index (χ4v) is 4.57. The summed E-state index contributed by atoms with van der Waals surface area (Å²) in [6.07, 6.45) is 1.99. The summed E-state index contributed by atoms with van der Waals surface area (Å²) in [4.78, 5) is 41.4. The minimum atomic E-state index is -1.34. The monoisotopic (exact) mass is 448 g/mol. The molecule has 0 aliphatic carbocycles. The first kappa shape index (κ1) is 24.1. The fraction of sp³-hybridized carbons (Fsp3) is 0.609. The first-order valence-electron chi connectivity index (χ1n) is 11.3. The highest BCUT2D eigenvalue weighted by atomic mass is 19.1. The van der Waals surface area contributed by atoms with Crippen LogP contribution in [0.25, 0.3) is 0 Å². The van der Waals surface area contributed by atoms with Crippen molar-refractivity contribution in [2.45, 2.75) is 45.2 Å². The van der Waals surface area contributed by atoms with Gasteiger partial charge in [-0.3, -0.25) is 19.4 Å². The van der Waals surface area contributed by atoms with E-state index in [0.717, 1.165) is 30.8 Å². The van der Waals surface area contributed by atoms with Crippen molar-refractivity contribution in [3.63, 3.8) is 0 Å². The Morgan fingerprint density at radius 2 is 1.81 bits per heavy atom. The van der Waals surface area contributed by atoms with Gasteiger partial charge in [0.1, 0.15) is 17.9 Å². The Hall–Kier alpha value is -2.52. The molecule has 0 aromatic heterocycles. The van der Waals surface area contributed by atoms with Crippen LogP contribution in [0.1, 0.15) is 39.2 Å². The third-order valence-electron chi connectivity index (χ3n) is 6.61. The Bertz CT molecular complexity index is 824. The number of nitrogens with zero attached hydrogens (tertiary/aromatic N) is 2. The van der Waals surface area contributed by atoms with E-state index in [1.165, 1.54) is 24.3 Å². The van der Waals surface area contributed by atoms with E-state index < -0.39 is 23.3 Å². The predicted molar refractivity (Wildman–Crippen MR) is 117 cm³/mol. The van der Waals surface area contributed by atoms with Crippen LogP contribution in [0.15, 0.2) is 24.3 Å². The Balaban J connectivity index is 1.63. The van der Waals surface area contributed by atoms with Crippen LogP contribution < -0.4 is 10.6 Å². The Morgan fingerprint density at radius 1 is 1.19 bits per heavy atom. The maximum Gasteiger partial charge on any atom is 0.325 e. The van der Waals surface area contributed by atoms with E-state index in [4.69, 9.17) is 4.74 Å². The maximum absolute atomic E-state index is 13.3. The number of hydrogen-bond acceptors (Lipinski definition) is 5. The number of ether oxygens (including phenoxy) is 1. The number of halogens is 1. The summed E-state index contributed by atoms with van der Waals surface area (Å²) in [5.74, 6) is -0.931. The highest BCUT2D eigenvalue weighted by Gasteiger charge is 2.49. The molecule has 2 aliphatic rings. The molecule has 2 heterocycles. The second-order valence-corrected chi connectivity index (χ2v) is 8.55. The zero-order chi connectivity index (χ0) is 23.3. The summed E-state index contributed by atoms with van der Waals surface area (Å²) in [5.41, 5.74) is -0.877. The zero-order valence-electron chi connectivity index (χ0n) is 19.0. The lowest BCUT2D eigenvalue weighted by molar-refractivity contribution is -0.135. The summed E-state index contributed by atoms with van der Waals surface area (Å²) in [7, 11) is 0. The molecule has 0 spiro atoms. The predicted octanol–water partition coefficient (Wildman–Crippen LogP) is 1.85. The average molecular weight is 449 g/mol. The SMILES string of the molecule is CCC(CC)C(CNC(=O)CN1C(=O)NC(C)(c2ccc(F)cc2)C1=O)N1CCOCC1. The van der Waals surface area contributed by atoms with E-state index in [0.29, 0.717) is 31.2 Å². The van der Waals surface area contributed by atoms with Gasteiger partial charge in [0.05, 0.1) is 13.2 Å². The summed E-state index contributed by atoms with van der Waals surface area (Å²) >= 11 is 0. The zero-order valence-corrected chi connectivity index (χ0v) is 19.0. The number of amides is 4. The van der Waals surface area contributed by atoms with Crippen molar-refractivity contribution in [2.24, 2.45) is 5.92 Å². The number of carbonyl (C=O) groups excluding carboxylic acids is 3. The first-order chi connectivity index (χ1) is 15.3. The van der Waals surface area contributed by atoms with Gasteiger partial charge in [-0.05, 0) is 30.5 Å². The van der Waals surface area contributed by atoms with Crippen molar-refractivity contribution in [1.29, 1.82) is 0 Å². The van der Waals surface area contributed by atoms with Gasteiger partial charge in [0.15, 0.2) is 0 Å². The first-order valence-corrected chi connectivity index (χ1v) is 11.3. The number of nitrogens with one attached hydrogen (secondary N) is 2. The van der Waals surface area contributed by atoms with Crippen molar-refractivity contribution >= 4 is 17.8 Å². The molecule has 32 heavy (non-hydrogen) atoms. The van der Waals surface area contributed by atoms with Crippen molar-refractivity contribution in [2.75, 3.05) is 39.4 Å². The Morgan fingerprint density at radius 3 is 2.41 bits per heavy atom. The number of imide groups is 1. The van der Waals surface area contributed by atoms with Crippen molar-refractivity contribution in [3.05, 3.63) is 35.6 Å². The number of morpholine rings is 1. The summed E-state index contributed by atoms with van der Waals surface area (Å²) in [5, 5.41) is 5.56. The third kappa shape index (κ3) is 5.10. The van der Waals surface area contributed by atoms with E-state index in [-0.39, 0.29) is 18.5 Å². The molecule has 8 nitrogen and oxygen atoms in total. The van der Waals surface area contributed by atoms with Crippen LogP contribution in [0.4, 0.5) is 9.18 Å². The highest BCUT2D eigenvalue weighted by molar-refractivity contribution is 6.09. The molecule has 2 fully saturated rings. The van der Waals surface area contributed by atoms with Gasteiger partial charge >= 0.3 is 6.03 Å². The smallest absolute Gasteiger partial charge is 0.325 e. The minimum Gasteiger partial charge on any atom is -0.379 e. The molecule has 0 radical (unpaired) electrons. The Labute approximate surface area is 188 Å². The van der Waals surface area contributed by atoms with Gasteiger partial charge in [0, 0.05) is 25.7 Å². The second kappa shape index (κ2) is 10.4. The minimum absolute atomic E-state index is 0.172. The van der Waals surface area contributed by atoms with E-state index in [1.807, 2.05) is 0 Å². The van der Waals surface area contributed by atoms with E-state index in [1.54, 1.807) is 6.92 Å². The lowest BCUT2D eigenvalue weighted by Crippen LogP contribution is -2.53. The fourth-order valence-electron chi connectivity index (χ4n) is 4.57. The molecule has 0 saturated carbocycles. The molecular weight excluding hydrogens is 415 g/mol. The van der Waals surface area contributed by atoms with Gasteiger partial charge in [-0.2, -0.15) is 0 Å². The van der Waals surface area contributed by atoms with E-state index >= 15 is 0 Å². The van der Waals surface area contributed by atoms with Crippen LogP contribution >= 0.6 is 0 Å². The third-order valence-corrected chi connectivity index (χ3v) is 6.61. The molecule has 3 rings (SSSR count). The average Bonchev–Trinajstić information content (AvgIpc) is 3.01. The molecule has 2 unspecified atom stereocenters. The van der Waals surface area contributed by atoms with Crippen LogP contribution in [0.2, 0.25) is 0 Å². The highest BCUT2D eigenvalue weighted by Crippen LogP contribution is 2.28. The molecule has 9 heteroatoms.